The zero-order valence-electron chi connectivity index (χ0n) is 15.9. The monoisotopic (exact) mass is 481 g/mol. The van der Waals surface area contributed by atoms with Gasteiger partial charge in [-0.25, -0.2) is 0 Å². The molecule has 0 spiro atoms. The van der Waals surface area contributed by atoms with Gasteiger partial charge in [0.25, 0.3) is 0 Å². The van der Waals surface area contributed by atoms with Gasteiger partial charge in [0.15, 0.2) is 17.5 Å². The first kappa shape index (κ1) is 21.3. The normalized spacial score (nSPS) is 14.5. The van der Waals surface area contributed by atoms with E-state index in [0.717, 1.165) is 36.0 Å². The molecule has 1 aliphatic rings. The van der Waals surface area contributed by atoms with E-state index in [-0.39, 0.29) is 24.0 Å². The summed E-state index contributed by atoms with van der Waals surface area (Å²) in [4.78, 5) is 4.31. The van der Waals surface area contributed by atoms with Crippen LogP contribution in [0.15, 0.2) is 53.5 Å². The number of rotatable bonds is 5. The summed E-state index contributed by atoms with van der Waals surface area (Å²) in [5.41, 5.74) is 2.45. The second-order valence-corrected chi connectivity index (χ2v) is 6.45. The average molecular weight is 481 g/mol. The van der Waals surface area contributed by atoms with Gasteiger partial charge < -0.3 is 20.1 Å². The molecular weight excluding hydrogens is 453 g/mol. The minimum atomic E-state index is 0. The standard InChI is InChI=1S/C21H27N3O2.HI/c1-16(18-7-4-3-5-8-18)14-23-21(22-2)24-15-17-9-10-19-20(13-17)26-12-6-11-25-19;/h3-5,7-10,13,16H,6,11-12,14-15H2,1-2H3,(H2,22,23,24);1H. The van der Waals surface area contributed by atoms with Crippen LogP contribution in [0, 0.1) is 0 Å². The molecule has 27 heavy (non-hydrogen) atoms. The molecule has 2 N–H and O–H groups in total. The van der Waals surface area contributed by atoms with Crippen molar-refractivity contribution in [3.05, 3.63) is 59.7 Å². The summed E-state index contributed by atoms with van der Waals surface area (Å²) < 4.78 is 11.4. The maximum absolute atomic E-state index is 5.75. The molecular formula is C21H28IN3O2. The summed E-state index contributed by atoms with van der Waals surface area (Å²) in [5, 5.41) is 6.75. The number of fused-ring (bicyclic) bond motifs is 1. The molecule has 0 fully saturated rings. The SMILES string of the molecule is CN=C(NCc1ccc2c(c1)OCCCO2)NCC(C)c1ccccc1.I. The first-order valence-corrected chi connectivity index (χ1v) is 9.14. The Hall–Kier alpha value is -1.96. The highest BCUT2D eigenvalue weighted by molar-refractivity contribution is 14.0. The molecule has 0 bridgehead atoms. The molecule has 1 heterocycles. The lowest BCUT2D eigenvalue weighted by Crippen LogP contribution is -2.38. The predicted molar refractivity (Wildman–Crippen MR) is 121 cm³/mol. The Bertz CT molecular complexity index is 737. The maximum Gasteiger partial charge on any atom is 0.191 e. The average Bonchev–Trinajstić information content (AvgIpc) is 2.93. The number of halogens is 1. The van der Waals surface area contributed by atoms with E-state index >= 15 is 0 Å². The van der Waals surface area contributed by atoms with E-state index in [2.05, 4.69) is 52.9 Å². The molecule has 0 amide bonds. The van der Waals surface area contributed by atoms with Crippen molar-refractivity contribution in [3.8, 4) is 11.5 Å². The van der Waals surface area contributed by atoms with Crippen molar-refractivity contribution in [1.82, 2.24) is 10.6 Å². The molecule has 1 aliphatic heterocycles. The van der Waals surface area contributed by atoms with Crippen LogP contribution in [-0.4, -0.2) is 32.8 Å². The van der Waals surface area contributed by atoms with Gasteiger partial charge in [-0.1, -0.05) is 43.3 Å². The first-order chi connectivity index (χ1) is 12.8. The molecule has 2 aromatic carbocycles. The smallest absolute Gasteiger partial charge is 0.191 e. The molecule has 0 saturated heterocycles. The fourth-order valence-corrected chi connectivity index (χ4v) is 2.87. The van der Waals surface area contributed by atoms with Gasteiger partial charge in [-0.3, -0.25) is 4.99 Å². The molecule has 3 rings (SSSR count). The van der Waals surface area contributed by atoms with Crippen LogP contribution in [-0.2, 0) is 6.54 Å². The van der Waals surface area contributed by atoms with Gasteiger partial charge in [0.2, 0.25) is 0 Å². The van der Waals surface area contributed by atoms with Crippen LogP contribution >= 0.6 is 24.0 Å². The van der Waals surface area contributed by atoms with Crippen molar-refractivity contribution in [3.63, 3.8) is 0 Å². The van der Waals surface area contributed by atoms with E-state index in [4.69, 9.17) is 9.47 Å². The zero-order chi connectivity index (χ0) is 18.2. The van der Waals surface area contributed by atoms with E-state index in [9.17, 15) is 0 Å². The van der Waals surface area contributed by atoms with Crippen LogP contribution in [0.2, 0.25) is 0 Å². The molecule has 0 saturated carbocycles. The molecule has 0 radical (unpaired) electrons. The van der Waals surface area contributed by atoms with Crippen molar-refractivity contribution in [2.75, 3.05) is 26.8 Å². The summed E-state index contributed by atoms with van der Waals surface area (Å²) in [6.45, 7) is 5.12. The van der Waals surface area contributed by atoms with Crippen molar-refractivity contribution >= 4 is 29.9 Å². The van der Waals surface area contributed by atoms with Gasteiger partial charge in [0.1, 0.15) is 0 Å². The number of nitrogens with one attached hydrogen (secondary N) is 2. The van der Waals surface area contributed by atoms with Gasteiger partial charge in [-0.05, 0) is 29.2 Å². The molecule has 1 atom stereocenters. The van der Waals surface area contributed by atoms with Crippen LogP contribution in [0.1, 0.15) is 30.4 Å². The Labute approximate surface area is 178 Å². The Morgan fingerprint density at radius 1 is 1.04 bits per heavy atom. The number of hydrogen-bond donors (Lipinski definition) is 2. The number of guanidine groups is 1. The summed E-state index contributed by atoms with van der Waals surface area (Å²) in [6, 6.07) is 16.6. The molecule has 146 valence electrons. The quantitative estimate of drug-likeness (QED) is 0.386. The maximum atomic E-state index is 5.75. The third-order valence-corrected chi connectivity index (χ3v) is 4.44. The third-order valence-electron chi connectivity index (χ3n) is 4.44. The lowest BCUT2D eigenvalue weighted by molar-refractivity contribution is 0.297. The predicted octanol–water partition coefficient (Wildman–Crippen LogP) is 3.93. The summed E-state index contributed by atoms with van der Waals surface area (Å²) in [5.74, 6) is 2.85. The van der Waals surface area contributed by atoms with Gasteiger partial charge in [-0.2, -0.15) is 0 Å². The molecule has 2 aromatic rings. The number of aliphatic imine (C=N–C) groups is 1. The number of benzene rings is 2. The molecule has 6 heteroatoms. The van der Waals surface area contributed by atoms with Crippen LogP contribution < -0.4 is 20.1 Å². The topological polar surface area (TPSA) is 54.9 Å². The number of nitrogens with zero attached hydrogens (tertiary/aromatic N) is 1. The highest BCUT2D eigenvalue weighted by Gasteiger charge is 2.11. The van der Waals surface area contributed by atoms with Crippen molar-refractivity contribution in [2.45, 2.75) is 25.8 Å². The Balaban J connectivity index is 0.00000261. The Morgan fingerprint density at radius 3 is 2.52 bits per heavy atom. The molecule has 0 aromatic heterocycles. The van der Waals surface area contributed by atoms with Gasteiger partial charge in [0.05, 0.1) is 13.2 Å². The Kier molecular flexibility index (Phi) is 8.71. The second kappa shape index (κ2) is 11.0. The van der Waals surface area contributed by atoms with E-state index in [1.807, 2.05) is 18.2 Å². The first-order valence-electron chi connectivity index (χ1n) is 9.14. The third kappa shape index (κ3) is 6.30. The highest BCUT2D eigenvalue weighted by Crippen LogP contribution is 2.30. The highest BCUT2D eigenvalue weighted by atomic mass is 127. The van der Waals surface area contributed by atoms with E-state index < -0.39 is 0 Å². The van der Waals surface area contributed by atoms with Crippen molar-refractivity contribution in [1.29, 1.82) is 0 Å². The van der Waals surface area contributed by atoms with Gasteiger partial charge in [-0.15, -0.1) is 24.0 Å². The summed E-state index contributed by atoms with van der Waals surface area (Å²) in [6.07, 6.45) is 0.915. The van der Waals surface area contributed by atoms with Crippen molar-refractivity contribution in [2.24, 2.45) is 4.99 Å². The van der Waals surface area contributed by atoms with Crippen LogP contribution in [0.3, 0.4) is 0 Å². The van der Waals surface area contributed by atoms with Gasteiger partial charge >= 0.3 is 0 Å². The zero-order valence-corrected chi connectivity index (χ0v) is 18.2. The lowest BCUT2D eigenvalue weighted by atomic mass is 10.0. The fraction of sp³-hybridized carbons (Fsp3) is 0.381. The molecule has 5 nitrogen and oxygen atoms in total. The largest absolute Gasteiger partial charge is 0.490 e. The minimum Gasteiger partial charge on any atom is -0.490 e. The molecule has 0 aliphatic carbocycles. The summed E-state index contributed by atoms with van der Waals surface area (Å²) >= 11 is 0. The van der Waals surface area contributed by atoms with E-state index in [0.29, 0.717) is 25.7 Å². The number of ether oxygens (including phenoxy) is 2. The van der Waals surface area contributed by atoms with Crippen LogP contribution in [0.25, 0.3) is 0 Å². The summed E-state index contributed by atoms with van der Waals surface area (Å²) in [7, 11) is 1.79. The lowest BCUT2D eigenvalue weighted by Gasteiger charge is -2.17. The fourth-order valence-electron chi connectivity index (χ4n) is 2.87. The minimum absolute atomic E-state index is 0. The number of hydrogen-bond acceptors (Lipinski definition) is 3. The van der Waals surface area contributed by atoms with Gasteiger partial charge in [0, 0.05) is 26.6 Å². The van der Waals surface area contributed by atoms with E-state index in [1.54, 1.807) is 7.05 Å². The van der Waals surface area contributed by atoms with E-state index in [1.165, 1.54) is 5.56 Å². The molecule has 1 unspecified atom stereocenters. The van der Waals surface area contributed by atoms with Crippen LogP contribution in [0.5, 0.6) is 11.5 Å². The second-order valence-electron chi connectivity index (χ2n) is 6.45. The van der Waals surface area contributed by atoms with Crippen molar-refractivity contribution < 1.29 is 9.47 Å². The Morgan fingerprint density at radius 2 is 1.78 bits per heavy atom. The van der Waals surface area contributed by atoms with Crippen LogP contribution in [0.4, 0.5) is 0 Å².